The Kier molecular flexibility index (Phi) is 5.16. The predicted octanol–water partition coefficient (Wildman–Crippen LogP) is 2.76. The van der Waals surface area contributed by atoms with E-state index in [1.807, 2.05) is 16.8 Å². The van der Waals surface area contributed by atoms with E-state index in [0.717, 1.165) is 32.0 Å². The Bertz CT molecular complexity index is 553. The maximum Gasteiger partial charge on any atom is 0.137 e. The summed E-state index contributed by atoms with van der Waals surface area (Å²) in [7, 11) is 0. The quantitative estimate of drug-likeness (QED) is 0.823. The number of benzene rings is 1. The number of likely N-dealkylation sites (tertiary alicyclic amines) is 1. The van der Waals surface area contributed by atoms with Crippen LogP contribution in [0.5, 0.6) is 0 Å². The first kappa shape index (κ1) is 15.2. The molecule has 5 heteroatoms. The Balaban J connectivity index is 1.43. The van der Waals surface area contributed by atoms with Crippen molar-refractivity contribution < 1.29 is 4.39 Å². The molecule has 1 saturated heterocycles. The number of aromatic nitrogens is 3. The molecule has 0 amide bonds. The number of aryl methyl sites for hydroxylation is 1. The molecule has 0 N–H and O–H groups in total. The molecule has 1 aliphatic rings. The number of hydrogen-bond acceptors (Lipinski definition) is 3. The molecule has 0 unspecified atom stereocenters. The Hall–Kier alpha value is -1.75. The highest BCUT2D eigenvalue weighted by Gasteiger charge is 2.19. The second-order valence-electron chi connectivity index (χ2n) is 6.13. The third-order valence-corrected chi connectivity index (χ3v) is 4.47. The van der Waals surface area contributed by atoms with Crippen LogP contribution in [-0.2, 0) is 13.0 Å². The fourth-order valence-electron chi connectivity index (χ4n) is 3.20. The zero-order valence-electron chi connectivity index (χ0n) is 12.9. The molecule has 2 heterocycles. The van der Waals surface area contributed by atoms with Crippen LogP contribution in [0.1, 0.15) is 24.8 Å². The van der Waals surface area contributed by atoms with Crippen molar-refractivity contribution in [2.45, 2.75) is 32.2 Å². The maximum absolute atomic E-state index is 12.9. The van der Waals surface area contributed by atoms with Crippen LogP contribution in [0.2, 0.25) is 0 Å². The van der Waals surface area contributed by atoms with E-state index in [4.69, 9.17) is 0 Å². The van der Waals surface area contributed by atoms with E-state index in [9.17, 15) is 4.39 Å². The van der Waals surface area contributed by atoms with Gasteiger partial charge in [0, 0.05) is 13.1 Å². The van der Waals surface area contributed by atoms with E-state index in [0.29, 0.717) is 0 Å². The lowest BCUT2D eigenvalue weighted by Gasteiger charge is -2.32. The Labute approximate surface area is 131 Å². The minimum atomic E-state index is -0.152. The van der Waals surface area contributed by atoms with Gasteiger partial charge in [0.15, 0.2) is 0 Å². The highest BCUT2D eigenvalue weighted by Crippen LogP contribution is 2.21. The van der Waals surface area contributed by atoms with Crippen molar-refractivity contribution in [2.75, 3.05) is 19.6 Å². The lowest BCUT2D eigenvalue weighted by Crippen LogP contribution is -2.37. The van der Waals surface area contributed by atoms with Gasteiger partial charge in [0.2, 0.25) is 0 Å². The number of piperidine rings is 1. The molecule has 0 bridgehead atoms. The summed E-state index contributed by atoms with van der Waals surface area (Å²) in [5.41, 5.74) is 1.24. The molecule has 1 aromatic heterocycles. The summed E-state index contributed by atoms with van der Waals surface area (Å²) < 4.78 is 14.8. The van der Waals surface area contributed by atoms with E-state index in [2.05, 4.69) is 15.0 Å². The van der Waals surface area contributed by atoms with E-state index < -0.39 is 0 Å². The smallest absolute Gasteiger partial charge is 0.137 e. The fourth-order valence-corrected chi connectivity index (χ4v) is 3.20. The molecule has 1 aliphatic heterocycles. The SMILES string of the molecule is Fc1ccc(CC[C@@H]2CCCN(CCn3cncn3)C2)cc1. The second kappa shape index (κ2) is 7.49. The normalized spacial score (nSPS) is 19.4. The van der Waals surface area contributed by atoms with Crippen LogP contribution in [0.4, 0.5) is 4.39 Å². The standard InChI is InChI=1S/C17H23FN4/c18-17-7-5-15(6-8-17)3-4-16-2-1-9-21(12-16)10-11-22-14-19-13-20-22/h5-8,13-14,16H,1-4,9-12H2/t16-/m0/s1. The Morgan fingerprint density at radius 3 is 2.82 bits per heavy atom. The molecule has 0 spiro atoms. The van der Waals surface area contributed by atoms with Crippen LogP contribution in [0.3, 0.4) is 0 Å². The number of halogens is 1. The largest absolute Gasteiger partial charge is 0.301 e. The van der Waals surface area contributed by atoms with Gasteiger partial charge in [-0.2, -0.15) is 5.10 Å². The molecule has 0 saturated carbocycles. The molecule has 3 rings (SSSR count). The molecular weight excluding hydrogens is 279 g/mol. The summed E-state index contributed by atoms with van der Waals surface area (Å²) in [5, 5.41) is 4.15. The number of hydrogen-bond donors (Lipinski definition) is 0. The molecule has 0 aliphatic carbocycles. The van der Waals surface area contributed by atoms with Crippen molar-refractivity contribution in [1.82, 2.24) is 19.7 Å². The molecule has 4 nitrogen and oxygen atoms in total. The first-order chi connectivity index (χ1) is 10.8. The van der Waals surface area contributed by atoms with Gasteiger partial charge in [0.25, 0.3) is 0 Å². The topological polar surface area (TPSA) is 34.0 Å². The van der Waals surface area contributed by atoms with Gasteiger partial charge in [0.1, 0.15) is 18.5 Å². The van der Waals surface area contributed by atoms with Crippen LogP contribution in [0.25, 0.3) is 0 Å². The summed E-state index contributed by atoms with van der Waals surface area (Å²) in [4.78, 5) is 6.50. The first-order valence-corrected chi connectivity index (χ1v) is 8.09. The number of rotatable bonds is 6. The van der Waals surface area contributed by atoms with Crippen LogP contribution in [-0.4, -0.2) is 39.3 Å². The van der Waals surface area contributed by atoms with Gasteiger partial charge in [-0.15, -0.1) is 0 Å². The van der Waals surface area contributed by atoms with Crippen LogP contribution < -0.4 is 0 Å². The van der Waals surface area contributed by atoms with Crippen molar-refractivity contribution in [1.29, 1.82) is 0 Å². The maximum atomic E-state index is 12.9. The van der Waals surface area contributed by atoms with Gasteiger partial charge >= 0.3 is 0 Å². The Morgan fingerprint density at radius 1 is 1.18 bits per heavy atom. The van der Waals surface area contributed by atoms with E-state index in [1.165, 1.54) is 31.4 Å². The summed E-state index contributed by atoms with van der Waals surface area (Å²) in [5.74, 6) is 0.593. The third-order valence-electron chi connectivity index (χ3n) is 4.47. The van der Waals surface area contributed by atoms with Gasteiger partial charge in [-0.05, 0) is 55.8 Å². The Morgan fingerprint density at radius 2 is 2.05 bits per heavy atom. The van der Waals surface area contributed by atoms with Crippen LogP contribution in [0.15, 0.2) is 36.9 Å². The first-order valence-electron chi connectivity index (χ1n) is 8.09. The minimum Gasteiger partial charge on any atom is -0.301 e. The van der Waals surface area contributed by atoms with Crippen molar-refractivity contribution in [2.24, 2.45) is 5.92 Å². The van der Waals surface area contributed by atoms with Crippen molar-refractivity contribution in [3.05, 3.63) is 48.3 Å². The van der Waals surface area contributed by atoms with E-state index >= 15 is 0 Å². The van der Waals surface area contributed by atoms with Crippen molar-refractivity contribution >= 4 is 0 Å². The van der Waals surface area contributed by atoms with Gasteiger partial charge in [-0.1, -0.05) is 12.1 Å². The zero-order chi connectivity index (χ0) is 15.2. The summed E-state index contributed by atoms with van der Waals surface area (Å²) >= 11 is 0. The lowest BCUT2D eigenvalue weighted by molar-refractivity contribution is 0.162. The predicted molar refractivity (Wildman–Crippen MR) is 83.9 cm³/mol. The third kappa shape index (κ3) is 4.37. The molecule has 1 aromatic carbocycles. The van der Waals surface area contributed by atoms with Gasteiger partial charge in [-0.3, -0.25) is 4.68 Å². The second-order valence-corrected chi connectivity index (χ2v) is 6.13. The zero-order valence-corrected chi connectivity index (χ0v) is 12.9. The van der Waals surface area contributed by atoms with Gasteiger partial charge < -0.3 is 4.90 Å². The minimum absolute atomic E-state index is 0.152. The van der Waals surface area contributed by atoms with E-state index in [-0.39, 0.29) is 5.82 Å². The molecule has 2 aromatic rings. The molecule has 1 fully saturated rings. The van der Waals surface area contributed by atoms with E-state index in [1.54, 1.807) is 24.8 Å². The number of nitrogens with zero attached hydrogens (tertiary/aromatic N) is 4. The fraction of sp³-hybridized carbons (Fsp3) is 0.529. The highest BCUT2D eigenvalue weighted by atomic mass is 19.1. The average molecular weight is 302 g/mol. The summed E-state index contributed by atoms with van der Waals surface area (Å²) in [6.07, 6.45) is 8.16. The molecule has 22 heavy (non-hydrogen) atoms. The monoisotopic (exact) mass is 302 g/mol. The van der Waals surface area contributed by atoms with Crippen molar-refractivity contribution in [3.8, 4) is 0 Å². The molecule has 1 atom stereocenters. The summed E-state index contributed by atoms with van der Waals surface area (Å²) in [6, 6.07) is 6.92. The van der Waals surface area contributed by atoms with Crippen LogP contribution in [0, 0.1) is 11.7 Å². The molecule has 0 radical (unpaired) electrons. The molecular formula is C17H23FN4. The summed E-state index contributed by atoms with van der Waals surface area (Å²) in [6.45, 7) is 4.29. The highest BCUT2D eigenvalue weighted by molar-refractivity contribution is 5.16. The van der Waals surface area contributed by atoms with Crippen molar-refractivity contribution in [3.63, 3.8) is 0 Å². The lowest BCUT2D eigenvalue weighted by atomic mass is 9.91. The molecule has 118 valence electrons. The average Bonchev–Trinajstić information content (AvgIpc) is 3.06. The van der Waals surface area contributed by atoms with Gasteiger partial charge in [0.05, 0.1) is 6.54 Å². The van der Waals surface area contributed by atoms with Gasteiger partial charge in [-0.25, -0.2) is 9.37 Å². The van der Waals surface area contributed by atoms with Crippen LogP contribution >= 0.6 is 0 Å².